The molecular weight excluding hydrogens is 701 g/mol. The van der Waals surface area contributed by atoms with Crippen LogP contribution in [0.4, 0.5) is 17.1 Å². The number of hydrogen-bond acceptors (Lipinski definition) is 1. The minimum Gasteiger partial charge on any atom is -0.309 e. The first-order valence-corrected chi connectivity index (χ1v) is 19.9. The van der Waals surface area contributed by atoms with E-state index in [9.17, 15) is 0 Å². The van der Waals surface area contributed by atoms with Gasteiger partial charge in [0.05, 0.1) is 28.1 Å². The zero-order valence-electron chi connectivity index (χ0n) is 31.8. The molecule has 0 aliphatic carbocycles. The molecule has 0 aliphatic heterocycles. The molecule has 0 aliphatic rings. The molecule has 0 N–H and O–H groups in total. The van der Waals surface area contributed by atoms with E-state index in [0.29, 0.717) is 0 Å². The number of anilines is 3. The van der Waals surface area contributed by atoms with E-state index in [4.69, 9.17) is 0 Å². The lowest BCUT2D eigenvalue weighted by Gasteiger charge is -2.30. The van der Waals surface area contributed by atoms with E-state index in [0.717, 1.165) is 28.3 Å². The number of rotatable bonds is 7. The first kappa shape index (κ1) is 33.6. The Kier molecular flexibility index (Phi) is 8.19. The van der Waals surface area contributed by atoms with Gasteiger partial charge in [0.2, 0.25) is 0 Å². The summed E-state index contributed by atoms with van der Waals surface area (Å²) < 4.78 is 2.46. The Morgan fingerprint density at radius 3 is 1.71 bits per heavy atom. The van der Waals surface area contributed by atoms with Gasteiger partial charge in [0, 0.05) is 33.0 Å². The zero-order chi connectivity index (χ0) is 38.4. The molecule has 10 aromatic carbocycles. The topological polar surface area (TPSA) is 8.17 Å². The van der Waals surface area contributed by atoms with Gasteiger partial charge in [-0.2, -0.15) is 0 Å². The maximum absolute atomic E-state index is 2.48. The predicted octanol–water partition coefficient (Wildman–Crippen LogP) is 15.6. The third-order valence-electron chi connectivity index (χ3n) is 11.6. The molecule has 0 fully saturated rings. The van der Waals surface area contributed by atoms with Crippen molar-refractivity contribution >= 4 is 60.4 Å². The molecular formula is C56H38N2. The van der Waals surface area contributed by atoms with E-state index in [1.54, 1.807) is 0 Å². The molecule has 0 bridgehead atoms. The van der Waals surface area contributed by atoms with E-state index in [1.807, 2.05) is 0 Å². The first-order valence-electron chi connectivity index (χ1n) is 19.9. The second kappa shape index (κ2) is 14.1. The Morgan fingerprint density at radius 2 is 0.897 bits per heavy atom. The molecule has 0 amide bonds. The van der Waals surface area contributed by atoms with E-state index in [-0.39, 0.29) is 0 Å². The van der Waals surface area contributed by atoms with Gasteiger partial charge in [0.25, 0.3) is 0 Å². The van der Waals surface area contributed by atoms with Crippen molar-refractivity contribution in [1.29, 1.82) is 0 Å². The molecule has 0 unspecified atom stereocenters. The van der Waals surface area contributed by atoms with E-state index >= 15 is 0 Å². The SMILES string of the molecule is c1ccc(-c2ccccc2-n2c3ccccc3c3ccc(N(c4ccccc4-c4ccc5ccccc5c4)c4ccc(-c5ccccc5)c5ccccc45)cc32)cc1. The maximum Gasteiger partial charge on any atom is 0.0562 e. The summed E-state index contributed by atoms with van der Waals surface area (Å²) in [5, 5.41) is 7.31. The molecule has 11 rings (SSSR count). The Morgan fingerprint density at radius 1 is 0.293 bits per heavy atom. The van der Waals surface area contributed by atoms with Crippen molar-refractivity contribution in [1.82, 2.24) is 4.57 Å². The highest BCUT2D eigenvalue weighted by Gasteiger charge is 2.23. The highest BCUT2D eigenvalue weighted by atomic mass is 15.1. The van der Waals surface area contributed by atoms with Crippen LogP contribution >= 0.6 is 0 Å². The largest absolute Gasteiger partial charge is 0.309 e. The summed E-state index contributed by atoms with van der Waals surface area (Å²) >= 11 is 0. The molecule has 58 heavy (non-hydrogen) atoms. The number of hydrogen-bond donors (Lipinski definition) is 0. The van der Waals surface area contributed by atoms with Gasteiger partial charge >= 0.3 is 0 Å². The van der Waals surface area contributed by atoms with Crippen molar-refractivity contribution < 1.29 is 0 Å². The van der Waals surface area contributed by atoms with Gasteiger partial charge < -0.3 is 9.47 Å². The van der Waals surface area contributed by atoms with Gasteiger partial charge in [-0.25, -0.2) is 0 Å². The number of benzene rings is 10. The van der Waals surface area contributed by atoms with Crippen LogP contribution in [-0.2, 0) is 0 Å². The maximum atomic E-state index is 2.48. The minimum absolute atomic E-state index is 1.08. The molecule has 11 aromatic rings. The second-order valence-electron chi connectivity index (χ2n) is 14.9. The summed E-state index contributed by atoms with van der Waals surface area (Å²) in [6, 6.07) is 83.8. The Labute approximate surface area is 338 Å². The average Bonchev–Trinajstić information content (AvgIpc) is 3.63. The summed E-state index contributed by atoms with van der Waals surface area (Å²) in [6.45, 7) is 0. The van der Waals surface area contributed by atoms with E-state index in [2.05, 4.69) is 240 Å². The van der Waals surface area contributed by atoms with Crippen LogP contribution in [0.15, 0.2) is 231 Å². The third-order valence-corrected chi connectivity index (χ3v) is 11.6. The predicted molar refractivity (Wildman–Crippen MR) is 247 cm³/mol. The highest BCUT2D eigenvalue weighted by Crippen LogP contribution is 2.47. The molecule has 272 valence electrons. The summed E-state index contributed by atoms with van der Waals surface area (Å²) in [4.78, 5) is 2.48. The number of nitrogens with zero attached hydrogens (tertiary/aromatic N) is 2. The molecule has 0 spiro atoms. The van der Waals surface area contributed by atoms with Gasteiger partial charge in [-0.05, 0) is 80.9 Å². The fourth-order valence-electron chi connectivity index (χ4n) is 8.91. The van der Waals surface area contributed by atoms with E-state index in [1.165, 1.54) is 71.2 Å². The van der Waals surface area contributed by atoms with Gasteiger partial charge in [0.1, 0.15) is 0 Å². The fraction of sp³-hybridized carbons (Fsp3) is 0. The van der Waals surface area contributed by atoms with Gasteiger partial charge in [0.15, 0.2) is 0 Å². The smallest absolute Gasteiger partial charge is 0.0562 e. The van der Waals surface area contributed by atoms with Crippen molar-refractivity contribution in [2.24, 2.45) is 0 Å². The number of fused-ring (bicyclic) bond motifs is 5. The molecule has 0 atom stereocenters. The van der Waals surface area contributed by atoms with Crippen LogP contribution in [-0.4, -0.2) is 4.57 Å². The summed E-state index contributed by atoms with van der Waals surface area (Å²) in [6.07, 6.45) is 0. The molecule has 1 heterocycles. The quantitative estimate of drug-likeness (QED) is 0.158. The van der Waals surface area contributed by atoms with Crippen LogP contribution in [0.25, 0.3) is 82.4 Å². The molecule has 0 saturated carbocycles. The fourth-order valence-corrected chi connectivity index (χ4v) is 8.91. The minimum atomic E-state index is 1.08. The Bertz CT molecular complexity index is 3290. The molecule has 2 nitrogen and oxygen atoms in total. The Hall–Kier alpha value is -7.68. The monoisotopic (exact) mass is 738 g/mol. The van der Waals surface area contributed by atoms with Crippen molar-refractivity contribution in [3.05, 3.63) is 231 Å². The number of para-hydroxylation sites is 3. The lowest BCUT2D eigenvalue weighted by atomic mass is 9.95. The molecule has 1 aromatic heterocycles. The van der Waals surface area contributed by atoms with Crippen molar-refractivity contribution in [3.8, 4) is 39.1 Å². The summed E-state index contributed by atoms with van der Waals surface area (Å²) in [5.74, 6) is 0. The average molecular weight is 739 g/mol. The van der Waals surface area contributed by atoms with Crippen molar-refractivity contribution in [2.75, 3.05) is 4.90 Å². The van der Waals surface area contributed by atoms with Crippen LogP contribution < -0.4 is 4.90 Å². The summed E-state index contributed by atoms with van der Waals surface area (Å²) in [7, 11) is 0. The molecule has 2 heteroatoms. The first-order chi connectivity index (χ1) is 28.8. The van der Waals surface area contributed by atoms with Gasteiger partial charge in [-0.15, -0.1) is 0 Å². The van der Waals surface area contributed by atoms with Gasteiger partial charge in [-0.1, -0.05) is 188 Å². The van der Waals surface area contributed by atoms with Crippen LogP contribution in [0, 0.1) is 0 Å². The molecule has 0 saturated heterocycles. The summed E-state index contributed by atoms with van der Waals surface area (Å²) in [5.41, 5.74) is 13.9. The standard InChI is InChI=1S/C56H38N2/c1-3-18-40(19-4-1)45-35-36-55(49-26-10-9-25-48(45)49)57(52-28-14-12-24-47(52)43-32-31-39-17-7-8-22-42(39)37-43)44-33-34-51-50-27-13-16-30-54(50)58(56(51)38-44)53-29-15-11-23-46(53)41-20-5-2-6-21-41/h1-38H. The van der Waals surface area contributed by atoms with Crippen LogP contribution in [0.2, 0.25) is 0 Å². The van der Waals surface area contributed by atoms with Crippen LogP contribution in [0.3, 0.4) is 0 Å². The molecule has 0 radical (unpaired) electrons. The third kappa shape index (κ3) is 5.66. The van der Waals surface area contributed by atoms with Crippen LogP contribution in [0.5, 0.6) is 0 Å². The van der Waals surface area contributed by atoms with Crippen molar-refractivity contribution in [3.63, 3.8) is 0 Å². The lowest BCUT2D eigenvalue weighted by molar-refractivity contribution is 1.18. The normalized spacial score (nSPS) is 11.4. The number of aromatic nitrogens is 1. The zero-order valence-corrected chi connectivity index (χ0v) is 31.8. The van der Waals surface area contributed by atoms with Gasteiger partial charge in [-0.3, -0.25) is 0 Å². The van der Waals surface area contributed by atoms with E-state index < -0.39 is 0 Å². The lowest BCUT2D eigenvalue weighted by Crippen LogP contribution is -2.12. The second-order valence-corrected chi connectivity index (χ2v) is 14.9. The highest BCUT2D eigenvalue weighted by molar-refractivity contribution is 6.12. The van der Waals surface area contributed by atoms with Crippen molar-refractivity contribution in [2.45, 2.75) is 0 Å². The Balaban J connectivity index is 1.20. The van der Waals surface area contributed by atoms with Crippen LogP contribution in [0.1, 0.15) is 0 Å².